The van der Waals surface area contributed by atoms with E-state index in [0.29, 0.717) is 25.3 Å². The number of methoxy groups -OCH3 is 1. The van der Waals surface area contributed by atoms with Crippen molar-refractivity contribution < 1.29 is 19.7 Å². The summed E-state index contributed by atoms with van der Waals surface area (Å²) in [5.74, 6) is -0.128. The largest absolute Gasteiger partial charge is 0.508 e. The smallest absolute Gasteiger partial charge is 0.307 e. The van der Waals surface area contributed by atoms with E-state index in [2.05, 4.69) is 0 Å². The molecule has 0 spiro atoms. The number of carboxylic acids is 1. The van der Waals surface area contributed by atoms with Crippen LogP contribution >= 0.6 is 0 Å². The van der Waals surface area contributed by atoms with Gasteiger partial charge in [-0.05, 0) is 31.2 Å². The molecule has 1 aromatic carbocycles. The highest BCUT2D eigenvalue weighted by Crippen LogP contribution is 2.26. The molecule has 1 aromatic rings. The van der Waals surface area contributed by atoms with Gasteiger partial charge in [-0.15, -0.1) is 0 Å². The minimum absolute atomic E-state index is 0.217. The monoisotopic (exact) mass is 251 g/mol. The first-order valence-corrected chi connectivity index (χ1v) is 5.91. The number of nitrogens with zero attached hydrogens (tertiary/aromatic N) is 1. The molecule has 0 amide bonds. The molecule has 1 aliphatic heterocycles. The maximum Gasteiger partial charge on any atom is 0.307 e. The van der Waals surface area contributed by atoms with Gasteiger partial charge in [-0.1, -0.05) is 0 Å². The number of aliphatic carboxylic acids is 1. The van der Waals surface area contributed by atoms with Crippen molar-refractivity contribution in [2.75, 3.05) is 20.2 Å². The Labute approximate surface area is 106 Å². The predicted molar refractivity (Wildman–Crippen MR) is 65.7 cm³/mol. The van der Waals surface area contributed by atoms with Gasteiger partial charge in [0.05, 0.1) is 13.0 Å². The molecule has 0 aliphatic carbocycles. The van der Waals surface area contributed by atoms with E-state index in [1.165, 1.54) is 0 Å². The summed E-state index contributed by atoms with van der Waals surface area (Å²) in [6.45, 7) is 1.83. The molecule has 5 nitrogen and oxygen atoms in total. The molecule has 1 saturated heterocycles. The molecule has 5 heteroatoms. The van der Waals surface area contributed by atoms with Gasteiger partial charge in [-0.25, -0.2) is 0 Å². The maximum absolute atomic E-state index is 10.9. The molecule has 2 rings (SSSR count). The summed E-state index contributed by atoms with van der Waals surface area (Å²) in [6.07, 6.45) is 0.667. The van der Waals surface area contributed by atoms with Gasteiger partial charge in [0.2, 0.25) is 0 Å². The van der Waals surface area contributed by atoms with Gasteiger partial charge in [-0.2, -0.15) is 0 Å². The Morgan fingerprint density at radius 2 is 2.33 bits per heavy atom. The van der Waals surface area contributed by atoms with Gasteiger partial charge < -0.3 is 14.9 Å². The van der Waals surface area contributed by atoms with Crippen molar-refractivity contribution in [3.8, 4) is 11.5 Å². The first kappa shape index (κ1) is 12.7. The molecule has 98 valence electrons. The number of ether oxygens (including phenoxy) is 1. The highest BCUT2D eigenvalue weighted by molar-refractivity contribution is 5.70. The molecule has 0 aromatic heterocycles. The number of likely N-dealkylation sites (tertiary alicyclic amines) is 1. The van der Waals surface area contributed by atoms with E-state index in [0.717, 1.165) is 12.1 Å². The third kappa shape index (κ3) is 2.73. The van der Waals surface area contributed by atoms with Crippen molar-refractivity contribution in [3.63, 3.8) is 0 Å². The Balaban J connectivity index is 2.04. The number of carboxylic acid groups (broad SMARTS) is 1. The third-order valence-electron chi connectivity index (χ3n) is 3.30. The lowest BCUT2D eigenvalue weighted by atomic mass is 10.1. The van der Waals surface area contributed by atoms with Crippen LogP contribution in [-0.4, -0.2) is 41.3 Å². The van der Waals surface area contributed by atoms with Crippen molar-refractivity contribution in [2.24, 2.45) is 5.92 Å². The fraction of sp³-hybridized carbons (Fsp3) is 0.462. The van der Waals surface area contributed by atoms with Crippen LogP contribution < -0.4 is 4.74 Å². The van der Waals surface area contributed by atoms with Crippen LogP contribution in [0.3, 0.4) is 0 Å². The van der Waals surface area contributed by atoms with Gasteiger partial charge in [0.1, 0.15) is 11.5 Å². The molecular weight excluding hydrogens is 234 g/mol. The second-order valence-electron chi connectivity index (χ2n) is 4.55. The molecule has 1 atom stereocenters. The Bertz CT molecular complexity index is 447. The highest BCUT2D eigenvalue weighted by atomic mass is 16.5. The first-order chi connectivity index (χ1) is 8.60. The lowest BCUT2D eigenvalue weighted by Gasteiger charge is -2.16. The minimum atomic E-state index is -0.743. The van der Waals surface area contributed by atoms with E-state index in [-0.39, 0.29) is 11.7 Å². The summed E-state index contributed by atoms with van der Waals surface area (Å²) in [5.41, 5.74) is 0.764. The van der Waals surface area contributed by atoms with E-state index < -0.39 is 5.97 Å². The van der Waals surface area contributed by atoms with E-state index >= 15 is 0 Å². The minimum Gasteiger partial charge on any atom is -0.508 e. The van der Waals surface area contributed by atoms with Crippen molar-refractivity contribution in [3.05, 3.63) is 23.8 Å². The molecule has 1 fully saturated rings. The summed E-state index contributed by atoms with van der Waals surface area (Å²) >= 11 is 0. The molecule has 18 heavy (non-hydrogen) atoms. The number of hydrogen-bond donors (Lipinski definition) is 2. The number of benzene rings is 1. The molecule has 0 radical (unpaired) electrons. The van der Waals surface area contributed by atoms with Gasteiger partial charge in [0.15, 0.2) is 0 Å². The number of phenolic OH excluding ortho intramolecular Hbond substituents is 1. The second-order valence-corrected chi connectivity index (χ2v) is 4.55. The van der Waals surface area contributed by atoms with Crippen LogP contribution in [0.1, 0.15) is 12.0 Å². The zero-order chi connectivity index (χ0) is 13.1. The van der Waals surface area contributed by atoms with Crippen molar-refractivity contribution >= 4 is 5.97 Å². The zero-order valence-corrected chi connectivity index (χ0v) is 10.3. The molecule has 1 heterocycles. The molecule has 0 saturated carbocycles. The topological polar surface area (TPSA) is 70.0 Å². The summed E-state index contributed by atoms with van der Waals surface area (Å²) in [6, 6.07) is 5.07. The summed E-state index contributed by atoms with van der Waals surface area (Å²) in [7, 11) is 1.58. The lowest BCUT2D eigenvalue weighted by Crippen LogP contribution is -2.22. The fourth-order valence-corrected chi connectivity index (χ4v) is 2.23. The van der Waals surface area contributed by atoms with E-state index in [1.807, 2.05) is 4.90 Å². The number of rotatable bonds is 4. The number of carbonyl (C=O) groups is 1. The van der Waals surface area contributed by atoms with E-state index in [4.69, 9.17) is 9.84 Å². The zero-order valence-electron chi connectivity index (χ0n) is 10.3. The van der Waals surface area contributed by atoms with E-state index in [1.54, 1.807) is 25.3 Å². The molecular formula is C13H17NO4. The van der Waals surface area contributed by atoms with Gasteiger partial charge >= 0.3 is 5.97 Å². The summed E-state index contributed by atoms with van der Waals surface area (Å²) in [5, 5.41) is 18.7. The molecule has 1 aliphatic rings. The quantitative estimate of drug-likeness (QED) is 0.844. The molecule has 1 unspecified atom stereocenters. The fourth-order valence-electron chi connectivity index (χ4n) is 2.23. The van der Waals surface area contributed by atoms with Crippen LogP contribution in [-0.2, 0) is 11.3 Å². The molecule has 0 bridgehead atoms. The number of hydrogen-bond acceptors (Lipinski definition) is 4. The SMILES string of the molecule is COc1ccc(O)c(CN2CCC(C(=O)O)C2)c1. The Hall–Kier alpha value is -1.75. The Morgan fingerprint density at radius 1 is 1.56 bits per heavy atom. The normalized spacial score (nSPS) is 19.9. The molecule has 2 N–H and O–H groups in total. The van der Waals surface area contributed by atoms with Crippen LogP contribution in [0.5, 0.6) is 11.5 Å². The van der Waals surface area contributed by atoms with Crippen molar-refractivity contribution in [1.82, 2.24) is 4.90 Å². The van der Waals surface area contributed by atoms with Crippen LogP contribution in [0.15, 0.2) is 18.2 Å². The average Bonchev–Trinajstić information content (AvgIpc) is 2.81. The Kier molecular flexibility index (Phi) is 3.72. The summed E-state index contributed by atoms with van der Waals surface area (Å²) < 4.78 is 5.11. The van der Waals surface area contributed by atoms with Crippen LogP contribution in [0.2, 0.25) is 0 Å². The van der Waals surface area contributed by atoms with Crippen molar-refractivity contribution in [2.45, 2.75) is 13.0 Å². The summed E-state index contributed by atoms with van der Waals surface area (Å²) in [4.78, 5) is 12.9. The second kappa shape index (κ2) is 5.27. The lowest BCUT2D eigenvalue weighted by molar-refractivity contribution is -0.141. The first-order valence-electron chi connectivity index (χ1n) is 5.91. The Morgan fingerprint density at radius 3 is 2.94 bits per heavy atom. The van der Waals surface area contributed by atoms with Crippen LogP contribution in [0.25, 0.3) is 0 Å². The van der Waals surface area contributed by atoms with Crippen LogP contribution in [0.4, 0.5) is 0 Å². The standard InChI is InChI=1S/C13H17NO4/c1-18-11-2-3-12(15)10(6-11)8-14-5-4-9(7-14)13(16)17/h2-3,6,9,15H,4-5,7-8H2,1H3,(H,16,17). The third-order valence-corrected chi connectivity index (χ3v) is 3.30. The number of phenols is 1. The van der Waals surface area contributed by atoms with Crippen molar-refractivity contribution in [1.29, 1.82) is 0 Å². The number of aromatic hydroxyl groups is 1. The van der Waals surface area contributed by atoms with E-state index in [9.17, 15) is 9.90 Å². The van der Waals surface area contributed by atoms with Gasteiger partial charge in [0, 0.05) is 18.7 Å². The average molecular weight is 251 g/mol. The van der Waals surface area contributed by atoms with Crippen LogP contribution in [0, 0.1) is 5.92 Å². The highest BCUT2D eigenvalue weighted by Gasteiger charge is 2.28. The predicted octanol–water partition coefficient (Wildman–Crippen LogP) is 1.31. The maximum atomic E-state index is 10.9. The van der Waals surface area contributed by atoms with Gasteiger partial charge in [-0.3, -0.25) is 9.69 Å². The van der Waals surface area contributed by atoms with Gasteiger partial charge in [0.25, 0.3) is 0 Å².